The number of nitrogens with zero attached hydrogens (tertiary/aromatic N) is 2. The lowest BCUT2D eigenvalue weighted by Crippen LogP contribution is -2.05. The van der Waals surface area contributed by atoms with Gasteiger partial charge in [-0.15, -0.1) is 0 Å². The van der Waals surface area contributed by atoms with Crippen LogP contribution in [0.1, 0.15) is 38.2 Å². The number of hydrogen-bond donors (Lipinski definition) is 0. The molecule has 0 saturated heterocycles. The minimum atomic E-state index is 0.608. The molecule has 0 N–H and O–H groups in total. The molecule has 0 amide bonds. The van der Waals surface area contributed by atoms with E-state index in [1.807, 2.05) is 16.9 Å². The van der Waals surface area contributed by atoms with Crippen LogP contribution in [0.5, 0.6) is 5.75 Å². The molecule has 1 unspecified atom stereocenters. The largest absolute Gasteiger partial charge is 0.494 e. The van der Waals surface area contributed by atoms with E-state index in [0.717, 1.165) is 25.1 Å². The minimum absolute atomic E-state index is 0.608. The zero-order chi connectivity index (χ0) is 16.1. The summed E-state index contributed by atoms with van der Waals surface area (Å²) in [4.78, 5) is 0. The highest BCUT2D eigenvalue weighted by atomic mass is 16.5. The fourth-order valence-electron chi connectivity index (χ4n) is 2.74. The molecule has 0 fully saturated rings. The molecule has 0 saturated carbocycles. The number of para-hydroxylation sites is 1. The van der Waals surface area contributed by atoms with Gasteiger partial charge in [-0.3, -0.25) is 4.68 Å². The second kappa shape index (κ2) is 7.32. The predicted octanol–water partition coefficient (Wildman–Crippen LogP) is 5.02. The van der Waals surface area contributed by atoms with Crippen LogP contribution in [0.3, 0.4) is 0 Å². The third-order valence-corrected chi connectivity index (χ3v) is 4.40. The van der Waals surface area contributed by atoms with Crippen LogP contribution in [0.15, 0.2) is 54.7 Å². The first-order valence-electron chi connectivity index (χ1n) is 8.41. The molecule has 2 aromatic carbocycles. The van der Waals surface area contributed by atoms with E-state index in [4.69, 9.17) is 4.74 Å². The Morgan fingerprint density at radius 2 is 1.87 bits per heavy atom. The second-order valence-electron chi connectivity index (χ2n) is 6.01. The standard InChI is InChI=1S/C20H24N2O/c1-3-16(2)17-9-11-19(12-10-17)23-14-6-13-22-20-8-5-4-7-18(20)15-21-22/h4-5,7-12,15-16H,3,6,13-14H2,1-2H3. The summed E-state index contributed by atoms with van der Waals surface area (Å²) < 4.78 is 7.89. The molecule has 3 aromatic rings. The number of aryl methyl sites for hydroxylation is 1. The van der Waals surface area contributed by atoms with Gasteiger partial charge in [0.25, 0.3) is 0 Å². The van der Waals surface area contributed by atoms with Crippen LogP contribution in [0.4, 0.5) is 0 Å². The normalized spacial score (nSPS) is 12.4. The molecule has 3 nitrogen and oxygen atoms in total. The number of aromatic nitrogens is 2. The monoisotopic (exact) mass is 308 g/mol. The lowest BCUT2D eigenvalue weighted by atomic mass is 9.99. The Morgan fingerprint density at radius 1 is 1.09 bits per heavy atom. The molecule has 0 aliphatic heterocycles. The van der Waals surface area contributed by atoms with Crippen LogP contribution < -0.4 is 4.74 Å². The second-order valence-corrected chi connectivity index (χ2v) is 6.01. The van der Waals surface area contributed by atoms with Gasteiger partial charge in [0.2, 0.25) is 0 Å². The van der Waals surface area contributed by atoms with E-state index >= 15 is 0 Å². The van der Waals surface area contributed by atoms with Crippen LogP contribution >= 0.6 is 0 Å². The van der Waals surface area contributed by atoms with Crippen molar-refractivity contribution in [2.75, 3.05) is 6.61 Å². The van der Waals surface area contributed by atoms with E-state index in [2.05, 4.69) is 61.4 Å². The molecule has 3 heteroatoms. The van der Waals surface area contributed by atoms with E-state index < -0.39 is 0 Å². The van der Waals surface area contributed by atoms with Gasteiger partial charge < -0.3 is 4.74 Å². The zero-order valence-corrected chi connectivity index (χ0v) is 13.9. The van der Waals surface area contributed by atoms with Gasteiger partial charge in [0.05, 0.1) is 18.3 Å². The SMILES string of the molecule is CCC(C)c1ccc(OCCCn2ncc3ccccc32)cc1. The highest BCUT2D eigenvalue weighted by Crippen LogP contribution is 2.21. The molecule has 1 atom stereocenters. The third kappa shape index (κ3) is 3.73. The Morgan fingerprint density at radius 3 is 2.65 bits per heavy atom. The van der Waals surface area contributed by atoms with Crippen molar-refractivity contribution in [1.82, 2.24) is 9.78 Å². The maximum absolute atomic E-state index is 5.84. The van der Waals surface area contributed by atoms with E-state index in [-0.39, 0.29) is 0 Å². The van der Waals surface area contributed by atoms with Crippen LogP contribution in [0.2, 0.25) is 0 Å². The lowest BCUT2D eigenvalue weighted by Gasteiger charge is -2.11. The molecule has 1 heterocycles. The maximum atomic E-state index is 5.84. The van der Waals surface area contributed by atoms with Crippen molar-refractivity contribution in [1.29, 1.82) is 0 Å². The molecular weight excluding hydrogens is 284 g/mol. The average molecular weight is 308 g/mol. The molecule has 1 aromatic heterocycles. The van der Waals surface area contributed by atoms with E-state index in [1.165, 1.54) is 16.5 Å². The summed E-state index contributed by atoms with van der Waals surface area (Å²) >= 11 is 0. The number of hydrogen-bond acceptors (Lipinski definition) is 2. The summed E-state index contributed by atoms with van der Waals surface area (Å²) in [7, 11) is 0. The summed E-state index contributed by atoms with van der Waals surface area (Å²) in [6.07, 6.45) is 4.03. The number of rotatable bonds is 7. The first kappa shape index (κ1) is 15.6. The Kier molecular flexibility index (Phi) is 4.96. The molecule has 23 heavy (non-hydrogen) atoms. The quantitative estimate of drug-likeness (QED) is 0.573. The molecule has 0 aliphatic carbocycles. The van der Waals surface area contributed by atoms with Gasteiger partial charge in [-0.2, -0.15) is 5.10 Å². The summed E-state index contributed by atoms with van der Waals surface area (Å²) in [5.74, 6) is 1.56. The number of benzene rings is 2. The molecular formula is C20H24N2O. The zero-order valence-electron chi connectivity index (χ0n) is 13.9. The summed E-state index contributed by atoms with van der Waals surface area (Å²) in [6, 6.07) is 16.8. The van der Waals surface area contributed by atoms with Crippen LogP contribution in [-0.4, -0.2) is 16.4 Å². The lowest BCUT2D eigenvalue weighted by molar-refractivity contribution is 0.299. The summed E-state index contributed by atoms with van der Waals surface area (Å²) in [5.41, 5.74) is 2.56. The smallest absolute Gasteiger partial charge is 0.119 e. The van der Waals surface area contributed by atoms with Gasteiger partial charge in [0.1, 0.15) is 5.75 Å². The Hall–Kier alpha value is -2.29. The van der Waals surface area contributed by atoms with Crippen molar-refractivity contribution in [3.05, 3.63) is 60.3 Å². The molecule has 3 rings (SSSR count). The Balaban J connectivity index is 1.50. The van der Waals surface area contributed by atoms with E-state index in [9.17, 15) is 0 Å². The van der Waals surface area contributed by atoms with Gasteiger partial charge in [-0.05, 0) is 36.1 Å². The first-order valence-corrected chi connectivity index (χ1v) is 8.41. The highest BCUT2D eigenvalue weighted by Gasteiger charge is 2.04. The number of ether oxygens (including phenoxy) is 1. The fourth-order valence-corrected chi connectivity index (χ4v) is 2.74. The van der Waals surface area contributed by atoms with Crippen molar-refractivity contribution >= 4 is 10.9 Å². The predicted molar refractivity (Wildman–Crippen MR) is 95.0 cm³/mol. The van der Waals surface area contributed by atoms with Crippen LogP contribution in [0, 0.1) is 0 Å². The first-order chi connectivity index (χ1) is 11.3. The Bertz CT molecular complexity index is 746. The minimum Gasteiger partial charge on any atom is -0.494 e. The van der Waals surface area contributed by atoms with Crippen molar-refractivity contribution in [3.8, 4) is 5.75 Å². The van der Waals surface area contributed by atoms with Crippen LogP contribution in [-0.2, 0) is 6.54 Å². The summed E-state index contributed by atoms with van der Waals surface area (Å²) in [5, 5.41) is 5.63. The van der Waals surface area contributed by atoms with Crippen molar-refractivity contribution in [2.24, 2.45) is 0 Å². The van der Waals surface area contributed by atoms with Crippen LogP contribution in [0.25, 0.3) is 10.9 Å². The van der Waals surface area contributed by atoms with Gasteiger partial charge in [0.15, 0.2) is 0 Å². The van der Waals surface area contributed by atoms with Gasteiger partial charge in [0, 0.05) is 18.4 Å². The molecule has 120 valence electrons. The van der Waals surface area contributed by atoms with Gasteiger partial charge in [-0.25, -0.2) is 0 Å². The highest BCUT2D eigenvalue weighted by molar-refractivity contribution is 5.78. The van der Waals surface area contributed by atoms with E-state index in [1.54, 1.807) is 0 Å². The molecule has 0 aliphatic rings. The fraction of sp³-hybridized carbons (Fsp3) is 0.350. The van der Waals surface area contributed by atoms with Crippen molar-refractivity contribution < 1.29 is 4.74 Å². The van der Waals surface area contributed by atoms with Crippen molar-refractivity contribution in [3.63, 3.8) is 0 Å². The molecule has 0 bridgehead atoms. The number of fused-ring (bicyclic) bond motifs is 1. The Labute approximate surface area is 137 Å². The van der Waals surface area contributed by atoms with Gasteiger partial charge in [-0.1, -0.05) is 44.2 Å². The maximum Gasteiger partial charge on any atom is 0.119 e. The molecule has 0 radical (unpaired) electrons. The van der Waals surface area contributed by atoms with Crippen molar-refractivity contribution in [2.45, 2.75) is 39.2 Å². The average Bonchev–Trinajstić information content (AvgIpc) is 3.02. The third-order valence-electron chi connectivity index (χ3n) is 4.40. The van der Waals surface area contributed by atoms with Gasteiger partial charge >= 0.3 is 0 Å². The molecule has 0 spiro atoms. The van der Waals surface area contributed by atoms with E-state index in [0.29, 0.717) is 12.5 Å². The summed E-state index contributed by atoms with van der Waals surface area (Å²) in [6.45, 7) is 6.05. The topological polar surface area (TPSA) is 27.1 Å².